The van der Waals surface area contributed by atoms with Gasteiger partial charge in [-0.25, -0.2) is 0 Å². The molecule has 0 fully saturated rings. The molecule has 0 amide bonds. The predicted octanol–water partition coefficient (Wildman–Crippen LogP) is -0.0472. The molecular weight excluding hydrogens is 206 g/mol. The van der Waals surface area contributed by atoms with Crippen molar-refractivity contribution in [2.75, 3.05) is 12.9 Å². The Morgan fingerprint density at radius 1 is 1.57 bits per heavy atom. The Morgan fingerprint density at radius 3 is 2.79 bits per heavy atom. The van der Waals surface area contributed by atoms with Crippen LogP contribution in [0.3, 0.4) is 0 Å². The quantitative estimate of drug-likeness (QED) is 0.513. The molecule has 1 aromatic rings. The lowest BCUT2D eigenvalue weighted by atomic mass is 10.5. The maximum absolute atomic E-state index is 10.6. The summed E-state index contributed by atoms with van der Waals surface area (Å²) in [6.45, 7) is 2.57. The highest BCUT2D eigenvalue weighted by molar-refractivity contribution is 7.85. The lowest BCUT2D eigenvalue weighted by Gasteiger charge is -2.00. The fourth-order valence-corrected chi connectivity index (χ4v) is 1.33. The third kappa shape index (κ3) is 4.33. The minimum atomic E-state index is -3.32. The first kappa shape index (κ1) is 11.1. The van der Waals surface area contributed by atoms with E-state index >= 15 is 0 Å². The number of hydrogen-bond donors (Lipinski definition) is 0. The third-order valence-corrected chi connectivity index (χ3v) is 2.05. The fraction of sp³-hybridized carbons (Fsp3) is 0.714. The van der Waals surface area contributed by atoms with E-state index < -0.39 is 10.1 Å². The van der Waals surface area contributed by atoms with Crippen molar-refractivity contribution in [3.63, 3.8) is 0 Å². The Kier molecular flexibility index (Phi) is 3.59. The van der Waals surface area contributed by atoms with E-state index in [0.717, 1.165) is 11.9 Å². The number of hydrogen-bond acceptors (Lipinski definition) is 5. The molecule has 0 aliphatic rings. The molecule has 14 heavy (non-hydrogen) atoms. The lowest BCUT2D eigenvalue weighted by Crippen LogP contribution is -2.09. The molecule has 0 aromatic carbocycles. The van der Waals surface area contributed by atoms with E-state index in [1.807, 2.05) is 6.92 Å². The van der Waals surface area contributed by atoms with Crippen molar-refractivity contribution in [1.29, 1.82) is 0 Å². The number of nitrogens with zero attached hydrogens (tertiary/aromatic N) is 3. The summed E-state index contributed by atoms with van der Waals surface area (Å²) in [5.41, 5.74) is 0.842. The Labute approximate surface area is 83.0 Å². The smallest absolute Gasteiger partial charge is 0.264 e. The standard InChI is InChI=1S/C7H13N3O3S/c1-7-6-8-10(9-7)4-3-5-13-14(2,11)12/h6H,3-5H2,1-2H3. The Hall–Kier alpha value is -0.950. The van der Waals surface area contributed by atoms with Crippen LogP contribution in [0.25, 0.3) is 0 Å². The van der Waals surface area contributed by atoms with Gasteiger partial charge in [-0.2, -0.15) is 23.4 Å². The van der Waals surface area contributed by atoms with Crippen molar-refractivity contribution in [3.05, 3.63) is 11.9 Å². The molecule has 0 aliphatic carbocycles. The highest BCUT2D eigenvalue weighted by Crippen LogP contribution is 1.93. The van der Waals surface area contributed by atoms with E-state index in [1.54, 1.807) is 6.20 Å². The van der Waals surface area contributed by atoms with E-state index in [2.05, 4.69) is 14.4 Å². The van der Waals surface area contributed by atoms with Crippen LogP contribution < -0.4 is 0 Å². The lowest BCUT2D eigenvalue weighted by molar-refractivity contribution is 0.299. The summed E-state index contributed by atoms with van der Waals surface area (Å²) in [5, 5.41) is 8.00. The van der Waals surface area contributed by atoms with Gasteiger partial charge in [-0.1, -0.05) is 0 Å². The van der Waals surface area contributed by atoms with E-state index in [4.69, 9.17) is 0 Å². The van der Waals surface area contributed by atoms with Gasteiger partial charge in [0.2, 0.25) is 0 Å². The topological polar surface area (TPSA) is 74.1 Å². The van der Waals surface area contributed by atoms with Crippen molar-refractivity contribution >= 4 is 10.1 Å². The largest absolute Gasteiger partial charge is 0.270 e. The maximum atomic E-state index is 10.6. The summed E-state index contributed by atoms with van der Waals surface area (Å²) in [4.78, 5) is 1.51. The van der Waals surface area contributed by atoms with Crippen molar-refractivity contribution in [3.8, 4) is 0 Å². The molecule has 1 rings (SSSR count). The van der Waals surface area contributed by atoms with Crippen LogP contribution in [0.1, 0.15) is 12.1 Å². The van der Waals surface area contributed by atoms with Gasteiger partial charge in [0, 0.05) is 0 Å². The van der Waals surface area contributed by atoms with Gasteiger partial charge in [0.05, 0.1) is 31.3 Å². The van der Waals surface area contributed by atoms with Crippen LogP contribution in [0.5, 0.6) is 0 Å². The molecule has 1 aromatic heterocycles. The molecule has 0 bridgehead atoms. The van der Waals surface area contributed by atoms with E-state index in [1.165, 1.54) is 4.80 Å². The Balaban J connectivity index is 2.23. The molecule has 7 heteroatoms. The minimum absolute atomic E-state index is 0.166. The summed E-state index contributed by atoms with van der Waals surface area (Å²) < 4.78 is 25.7. The molecule has 6 nitrogen and oxygen atoms in total. The summed E-state index contributed by atoms with van der Waals surface area (Å²) in [7, 11) is -3.32. The van der Waals surface area contributed by atoms with Crippen LogP contribution in [-0.2, 0) is 20.8 Å². The molecule has 0 unspecified atom stereocenters. The van der Waals surface area contributed by atoms with Gasteiger partial charge in [0.25, 0.3) is 10.1 Å². The number of aryl methyl sites for hydroxylation is 2. The van der Waals surface area contributed by atoms with Gasteiger partial charge in [0.15, 0.2) is 0 Å². The molecule has 1 heterocycles. The Morgan fingerprint density at radius 2 is 2.29 bits per heavy atom. The van der Waals surface area contributed by atoms with Crippen LogP contribution in [0.4, 0.5) is 0 Å². The van der Waals surface area contributed by atoms with Crippen LogP contribution in [0.15, 0.2) is 6.20 Å². The van der Waals surface area contributed by atoms with Crippen LogP contribution >= 0.6 is 0 Å². The first-order valence-corrected chi connectivity index (χ1v) is 6.00. The van der Waals surface area contributed by atoms with Crippen molar-refractivity contribution < 1.29 is 12.6 Å². The average Bonchev–Trinajstić information content (AvgIpc) is 2.44. The second-order valence-corrected chi connectivity index (χ2v) is 4.61. The Bertz CT molecular complexity index is 385. The molecule has 0 atom stereocenters. The number of aromatic nitrogens is 3. The highest BCUT2D eigenvalue weighted by atomic mass is 32.2. The second-order valence-electron chi connectivity index (χ2n) is 2.96. The molecular formula is C7H13N3O3S. The van der Waals surface area contributed by atoms with Gasteiger partial charge < -0.3 is 0 Å². The first-order chi connectivity index (χ1) is 6.47. The van der Waals surface area contributed by atoms with Crippen molar-refractivity contribution in [2.24, 2.45) is 0 Å². The summed E-state index contributed by atoms with van der Waals surface area (Å²) in [6.07, 6.45) is 3.25. The van der Waals surface area contributed by atoms with Crippen molar-refractivity contribution in [2.45, 2.75) is 19.9 Å². The van der Waals surface area contributed by atoms with Crippen molar-refractivity contribution in [1.82, 2.24) is 15.0 Å². The van der Waals surface area contributed by atoms with Crippen LogP contribution in [-0.4, -0.2) is 36.3 Å². The van der Waals surface area contributed by atoms with Gasteiger partial charge in [-0.3, -0.25) is 4.18 Å². The summed E-state index contributed by atoms with van der Waals surface area (Å²) in [6, 6.07) is 0. The fourth-order valence-electron chi connectivity index (χ4n) is 0.908. The maximum Gasteiger partial charge on any atom is 0.264 e. The summed E-state index contributed by atoms with van der Waals surface area (Å²) in [5.74, 6) is 0. The molecule has 0 radical (unpaired) electrons. The van der Waals surface area contributed by atoms with Gasteiger partial charge in [-0.05, 0) is 13.3 Å². The predicted molar refractivity (Wildman–Crippen MR) is 50.2 cm³/mol. The molecule has 0 saturated carbocycles. The van der Waals surface area contributed by atoms with E-state index in [9.17, 15) is 8.42 Å². The molecule has 80 valence electrons. The second kappa shape index (κ2) is 4.52. The van der Waals surface area contributed by atoms with Gasteiger partial charge in [-0.15, -0.1) is 0 Å². The highest BCUT2D eigenvalue weighted by Gasteiger charge is 2.01. The normalized spacial score (nSPS) is 11.9. The zero-order valence-corrected chi connectivity index (χ0v) is 8.99. The number of rotatable bonds is 5. The SMILES string of the molecule is Cc1cnn(CCCOS(C)(=O)=O)n1. The minimum Gasteiger partial charge on any atom is -0.270 e. The molecule has 0 saturated heterocycles. The first-order valence-electron chi connectivity index (χ1n) is 4.18. The van der Waals surface area contributed by atoms with E-state index in [-0.39, 0.29) is 6.61 Å². The van der Waals surface area contributed by atoms with Gasteiger partial charge >= 0.3 is 0 Å². The molecule has 0 aliphatic heterocycles. The van der Waals surface area contributed by atoms with Crippen LogP contribution in [0.2, 0.25) is 0 Å². The monoisotopic (exact) mass is 219 g/mol. The van der Waals surface area contributed by atoms with E-state index in [0.29, 0.717) is 13.0 Å². The molecule has 0 N–H and O–H groups in total. The third-order valence-electron chi connectivity index (χ3n) is 1.45. The zero-order chi connectivity index (χ0) is 10.6. The summed E-state index contributed by atoms with van der Waals surface area (Å²) >= 11 is 0. The van der Waals surface area contributed by atoms with Gasteiger partial charge in [0.1, 0.15) is 0 Å². The average molecular weight is 219 g/mol. The van der Waals surface area contributed by atoms with Crippen LogP contribution in [0, 0.1) is 6.92 Å². The molecule has 0 spiro atoms. The zero-order valence-electron chi connectivity index (χ0n) is 8.17.